The van der Waals surface area contributed by atoms with E-state index in [1.807, 2.05) is 30.3 Å². The van der Waals surface area contributed by atoms with E-state index < -0.39 is 16.9 Å². The molecular weight excluding hydrogens is 422 g/mol. The summed E-state index contributed by atoms with van der Waals surface area (Å²) in [6.07, 6.45) is 3.03. The Kier molecular flexibility index (Phi) is 5.23. The molecule has 1 saturated heterocycles. The lowest BCUT2D eigenvalue weighted by molar-refractivity contribution is -0.385. The smallest absolute Gasteiger partial charge is 0.274 e. The predicted molar refractivity (Wildman–Crippen MR) is 120 cm³/mol. The van der Waals surface area contributed by atoms with Crippen LogP contribution in [-0.2, 0) is 20.8 Å². The largest absolute Gasteiger partial charge is 0.324 e. The van der Waals surface area contributed by atoms with Crippen LogP contribution in [0.4, 0.5) is 11.4 Å². The van der Waals surface area contributed by atoms with Gasteiger partial charge in [-0.25, -0.2) is 0 Å². The Morgan fingerprint density at radius 3 is 2.33 bits per heavy atom. The van der Waals surface area contributed by atoms with Crippen molar-refractivity contribution in [2.45, 2.75) is 38.6 Å². The number of nitro benzene ring substituents is 1. The van der Waals surface area contributed by atoms with Crippen LogP contribution in [0.5, 0.6) is 0 Å². The number of amides is 3. The first-order chi connectivity index (χ1) is 15.8. The molecule has 2 aromatic carbocycles. The predicted octanol–water partition coefficient (Wildman–Crippen LogP) is 3.48. The quantitative estimate of drug-likeness (QED) is 0.414. The first-order valence-electron chi connectivity index (χ1n) is 11.3. The van der Waals surface area contributed by atoms with Crippen molar-refractivity contribution in [3.8, 4) is 0 Å². The van der Waals surface area contributed by atoms with Gasteiger partial charge < -0.3 is 5.32 Å². The molecule has 2 aromatic rings. The third kappa shape index (κ3) is 3.59. The SMILES string of the molecule is Cc1ccc(NC(=O)[C@H](Cc2ccccc2)N2C(=O)[C@@H]3[C@H]4CC[C@@H](C4)[C@H]3C2=O)cc1[N+](=O)[O-]. The van der Waals surface area contributed by atoms with Crippen LogP contribution < -0.4 is 5.32 Å². The highest BCUT2D eigenvalue weighted by molar-refractivity contribution is 6.10. The summed E-state index contributed by atoms with van der Waals surface area (Å²) in [6.45, 7) is 1.62. The Morgan fingerprint density at radius 2 is 1.73 bits per heavy atom. The zero-order chi connectivity index (χ0) is 23.3. The van der Waals surface area contributed by atoms with Crippen LogP contribution in [0.1, 0.15) is 30.4 Å². The molecule has 170 valence electrons. The Balaban J connectivity index is 1.46. The van der Waals surface area contributed by atoms with Crippen LogP contribution in [0.15, 0.2) is 48.5 Å². The van der Waals surface area contributed by atoms with Gasteiger partial charge in [-0.1, -0.05) is 36.4 Å². The van der Waals surface area contributed by atoms with Gasteiger partial charge in [-0.05, 0) is 49.7 Å². The minimum absolute atomic E-state index is 0.105. The fourth-order valence-corrected chi connectivity index (χ4v) is 5.99. The summed E-state index contributed by atoms with van der Waals surface area (Å²) in [4.78, 5) is 52.2. The van der Waals surface area contributed by atoms with Gasteiger partial charge in [0.15, 0.2) is 0 Å². The van der Waals surface area contributed by atoms with Crippen LogP contribution >= 0.6 is 0 Å². The number of nitro groups is 1. The van der Waals surface area contributed by atoms with Crippen LogP contribution in [-0.4, -0.2) is 33.6 Å². The fraction of sp³-hybridized carbons (Fsp3) is 0.400. The monoisotopic (exact) mass is 447 g/mol. The molecule has 5 rings (SSSR count). The molecule has 33 heavy (non-hydrogen) atoms. The van der Waals surface area contributed by atoms with Gasteiger partial charge in [0.2, 0.25) is 17.7 Å². The number of likely N-dealkylation sites (tertiary alicyclic amines) is 1. The highest BCUT2D eigenvalue weighted by Gasteiger charge is 2.62. The van der Waals surface area contributed by atoms with Crippen molar-refractivity contribution in [2.24, 2.45) is 23.7 Å². The summed E-state index contributed by atoms with van der Waals surface area (Å²) in [5, 5.41) is 14.0. The number of hydrogen-bond donors (Lipinski definition) is 1. The van der Waals surface area contributed by atoms with Gasteiger partial charge in [0.25, 0.3) is 5.69 Å². The molecule has 2 saturated carbocycles. The second-order valence-corrected chi connectivity index (χ2v) is 9.38. The van der Waals surface area contributed by atoms with Gasteiger partial charge >= 0.3 is 0 Å². The van der Waals surface area contributed by atoms with Crippen molar-refractivity contribution in [1.29, 1.82) is 0 Å². The Morgan fingerprint density at radius 1 is 1.09 bits per heavy atom. The van der Waals surface area contributed by atoms with Crippen molar-refractivity contribution in [2.75, 3.05) is 5.32 Å². The third-order valence-corrected chi connectivity index (χ3v) is 7.52. The number of carbonyl (C=O) groups excluding carboxylic acids is 3. The third-order valence-electron chi connectivity index (χ3n) is 7.52. The molecule has 0 spiro atoms. The standard InChI is InChI=1S/C25H25N3O5/c1-14-7-10-18(13-19(14)28(32)33)26-23(29)20(11-15-5-3-2-4-6-15)27-24(30)21-16-8-9-17(12-16)22(21)25(27)31/h2-7,10,13,16-17,20-22H,8-9,11-12H2,1H3,(H,26,29)/t16-,17-,20-,21+,22+/m0/s1. The number of rotatable bonds is 6. The molecule has 8 nitrogen and oxygen atoms in total. The van der Waals surface area contributed by atoms with Crippen molar-refractivity contribution < 1.29 is 19.3 Å². The van der Waals surface area contributed by atoms with Crippen LogP contribution in [0.2, 0.25) is 0 Å². The Labute approximate surface area is 191 Å². The first kappa shape index (κ1) is 21.3. The normalized spacial score (nSPS) is 26.4. The summed E-state index contributed by atoms with van der Waals surface area (Å²) in [5.74, 6) is -1.20. The number of benzene rings is 2. The van der Waals surface area contributed by atoms with E-state index in [1.165, 1.54) is 11.0 Å². The molecule has 1 heterocycles. The van der Waals surface area contributed by atoms with E-state index in [9.17, 15) is 24.5 Å². The molecule has 2 bridgehead atoms. The maximum Gasteiger partial charge on any atom is 0.274 e. The van der Waals surface area contributed by atoms with Crippen LogP contribution in [0, 0.1) is 40.7 Å². The molecule has 3 amide bonds. The molecular formula is C25H25N3O5. The summed E-state index contributed by atoms with van der Waals surface area (Å²) in [5.41, 5.74) is 1.46. The average molecular weight is 447 g/mol. The van der Waals surface area contributed by atoms with E-state index in [1.54, 1.807) is 19.1 Å². The van der Waals surface area contributed by atoms with E-state index in [4.69, 9.17) is 0 Å². The van der Waals surface area contributed by atoms with E-state index in [0.717, 1.165) is 24.8 Å². The van der Waals surface area contributed by atoms with Gasteiger partial charge in [-0.2, -0.15) is 0 Å². The van der Waals surface area contributed by atoms with Crippen molar-refractivity contribution >= 4 is 29.1 Å². The molecule has 5 atom stereocenters. The number of fused-ring (bicyclic) bond motifs is 5. The number of aryl methyl sites for hydroxylation is 1. The zero-order valence-corrected chi connectivity index (χ0v) is 18.3. The molecule has 2 aliphatic carbocycles. The molecule has 0 radical (unpaired) electrons. The zero-order valence-electron chi connectivity index (χ0n) is 18.3. The number of imide groups is 1. The lowest BCUT2D eigenvalue weighted by atomic mass is 9.81. The minimum atomic E-state index is -1.02. The highest BCUT2D eigenvalue weighted by atomic mass is 16.6. The maximum absolute atomic E-state index is 13.4. The summed E-state index contributed by atoms with van der Waals surface area (Å²) < 4.78 is 0. The van der Waals surface area contributed by atoms with E-state index >= 15 is 0 Å². The average Bonchev–Trinajstić information content (AvgIpc) is 3.48. The van der Waals surface area contributed by atoms with Crippen LogP contribution in [0.3, 0.4) is 0 Å². The summed E-state index contributed by atoms with van der Waals surface area (Å²) in [6, 6.07) is 12.7. The van der Waals surface area contributed by atoms with Gasteiger partial charge in [-0.15, -0.1) is 0 Å². The number of carbonyl (C=O) groups is 3. The molecule has 0 unspecified atom stereocenters. The fourth-order valence-electron chi connectivity index (χ4n) is 5.99. The van der Waals surface area contributed by atoms with Crippen molar-refractivity contribution in [1.82, 2.24) is 4.90 Å². The summed E-state index contributed by atoms with van der Waals surface area (Å²) >= 11 is 0. The molecule has 1 aliphatic heterocycles. The Bertz CT molecular complexity index is 1120. The highest BCUT2D eigenvalue weighted by Crippen LogP contribution is 2.56. The molecule has 1 N–H and O–H groups in total. The van der Waals surface area contributed by atoms with Crippen molar-refractivity contribution in [3.05, 3.63) is 69.8 Å². The number of hydrogen-bond acceptors (Lipinski definition) is 5. The van der Waals surface area contributed by atoms with E-state index in [2.05, 4.69) is 5.32 Å². The van der Waals surface area contributed by atoms with Gasteiger partial charge in [0.1, 0.15) is 6.04 Å². The van der Waals surface area contributed by atoms with Crippen molar-refractivity contribution in [3.63, 3.8) is 0 Å². The lowest BCUT2D eigenvalue weighted by Gasteiger charge is -2.27. The van der Waals surface area contributed by atoms with Gasteiger partial charge in [0, 0.05) is 23.7 Å². The molecule has 3 fully saturated rings. The van der Waals surface area contributed by atoms with E-state index in [-0.39, 0.29) is 53.3 Å². The Hall–Kier alpha value is -3.55. The van der Waals surface area contributed by atoms with Gasteiger partial charge in [0.05, 0.1) is 16.8 Å². The second kappa shape index (κ2) is 8.10. The minimum Gasteiger partial charge on any atom is -0.324 e. The maximum atomic E-state index is 13.4. The number of anilines is 1. The van der Waals surface area contributed by atoms with E-state index in [0.29, 0.717) is 5.56 Å². The molecule has 3 aliphatic rings. The topological polar surface area (TPSA) is 110 Å². The summed E-state index contributed by atoms with van der Waals surface area (Å²) in [7, 11) is 0. The lowest BCUT2D eigenvalue weighted by Crippen LogP contribution is -2.49. The van der Waals surface area contributed by atoms with Crippen LogP contribution in [0.25, 0.3) is 0 Å². The molecule has 8 heteroatoms. The van der Waals surface area contributed by atoms with Gasteiger partial charge in [-0.3, -0.25) is 29.4 Å². The number of nitrogens with one attached hydrogen (secondary N) is 1. The second-order valence-electron chi connectivity index (χ2n) is 9.38. The number of nitrogens with zero attached hydrogens (tertiary/aromatic N) is 2. The molecule has 0 aromatic heterocycles. The first-order valence-corrected chi connectivity index (χ1v) is 11.3.